The fourth-order valence-electron chi connectivity index (χ4n) is 6.60. The Labute approximate surface area is 212 Å². The second kappa shape index (κ2) is 8.18. The minimum Gasteiger partial charge on any atom is -0.481 e. The van der Waals surface area contributed by atoms with Crippen molar-refractivity contribution in [1.29, 1.82) is 0 Å². The fourth-order valence-corrected chi connectivity index (χ4v) is 6.60. The van der Waals surface area contributed by atoms with Gasteiger partial charge in [-0.1, -0.05) is 0 Å². The minimum absolute atomic E-state index is 0.0193. The molecule has 6 atom stereocenters. The number of primary amides is 1. The molecule has 4 N–H and O–H groups in total. The van der Waals surface area contributed by atoms with Gasteiger partial charge in [0.1, 0.15) is 0 Å². The monoisotopic (exact) mass is 512 g/mol. The van der Waals surface area contributed by atoms with Crippen molar-refractivity contribution in [3.63, 3.8) is 0 Å². The Bertz CT molecular complexity index is 1300. The quantitative estimate of drug-likeness (QED) is 0.407. The molecule has 12 heteroatoms. The summed E-state index contributed by atoms with van der Waals surface area (Å²) in [5.74, 6) is -10.4. The Morgan fingerprint density at radius 1 is 1.14 bits per heavy atom. The molecule has 0 saturated heterocycles. The normalized spacial score (nSPS) is 32.6. The van der Waals surface area contributed by atoms with Crippen molar-refractivity contribution in [3.05, 3.63) is 17.2 Å². The van der Waals surface area contributed by atoms with Gasteiger partial charge in [-0.05, 0) is 44.5 Å². The van der Waals surface area contributed by atoms with Gasteiger partial charge in [0.25, 0.3) is 5.91 Å². The first-order valence-corrected chi connectivity index (χ1v) is 11.9. The summed E-state index contributed by atoms with van der Waals surface area (Å²) in [6.07, 6.45) is 0.259. The third-order valence-corrected chi connectivity index (χ3v) is 8.12. The van der Waals surface area contributed by atoms with Gasteiger partial charge in [0.05, 0.1) is 23.2 Å². The summed E-state index contributed by atoms with van der Waals surface area (Å²) in [6, 6.07) is 0.574. The summed E-state index contributed by atoms with van der Waals surface area (Å²) in [5, 5.41) is 14.4. The van der Waals surface area contributed by atoms with Gasteiger partial charge in [-0.25, -0.2) is 0 Å². The van der Waals surface area contributed by atoms with Gasteiger partial charge >= 0.3 is 0 Å². The summed E-state index contributed by atoms with van der Waals surface area (Å²) in [6.45, 7) is -0.312. The third kappa shape index (κ3) is 3.28. The van der Waals surface area contributed by atoms with Crippen LogP contribution in [0.4, 0.5) is 11.4 Å². The Kier molecular flexibility index (Phi) is 5.54. The van der Waals surface area contributed by atoms with E-state index in [1.165, 1.54) is 4.90 Å². The summed E-state index contributed by atoms with van der Waals surface area (Å²) >= 11 is 0. The van der Waals surface area contributed by atoms with E-state index in [1.807, 2.05) is 0 Å². The Balaban J connectivity index is 1.68. The second-order valence-corrected chi connectivity index (χ2v) is 10.6. The molecule has 37 heavy (non-hydrogen) atoms. The number of nitrogens with two attached hydrogens (primary N) is 1. The zero-order valence-electron chi connectivity index (χ0n) is 20.9. The highest BCUT2D eigenvalue weighted by molar-refractivity contribution is 6.32. The van der Waals surface area contributed by atoms with Crippen LogP contribution in [0, 0.1) is 23.7 Å². The molecule has 3 aliphatic carbocycles. The van der Waals surface area contributed by atoms with E-state index in [2.05, 4.69) is 5.32 Å². The average Bonchev–Trinajstić information content (AvgIpc) is 2.80. The van der Waals surface area contributed by atoms with Crippen LogP contribution in [0.1, 0.15) is 22.3 Å². The van der Waals surface area contributed by atoms with Crippen LogP contribution in [0.25, 0.3) is 0 Å². The maximum Gasteiger partial charge on any atom is 0.262 e. The topological polar surface area (TPSA) is 176 Å². The summed E-state index contributed by atoms with van der Waals surface area (Å²) < 4.78 is 5.61. The second-order valence-electron chi connectivity index (χ2n) is 10.6. The lowest BCUT2D eigenvalue weighted by atomic mass is 9.52. The van der Waals surface area contributed by atoms with Crippen molar-refractivity contribution in [2.75, 3.05) is 45.0 Å². The SMILES string of the molecule is CN(C)c1cc2c(c3c1CC1C[C@H]4[C@H](N(C)C)C(=O)C(C(N)=O)C(=O)[C@@]4(O)C(=O)C1C3=O)OCC(=O)N2. The number of carbonyl (C=O) groups excluding carboxylic acids is 6. The molecular formula is C25H28N4O8. The molecule has 0 radical (unpaired) electrons. The minimum atomic E-state index is -2.73. The molecule has 2 saturated carbocycles. The number of benzene rings is 1. The number of rotatable bonds is 3. The van der Waals surface area contributed by atoms with Gasteiger partial charge in [-0.2, -0.15) is 0 Å². The van der Waals surface area contributed by atoms with Gasteiger partial charge in [-0.15, -0.1) is 0 Å². The molecule has 0 aromatic heterocycles. The predicted molar refractivity (Wildman–Crippen MR) is 128 cm³/mol. The molecule has 1 aromatic rings. The molecule has 0 bridgehead atoms. The van der Waals surface area contributed by atoms with E-state index in [-0.39, 0.29) is 36.4 Å². The fraction of sp³-hybridized carbons (Fsp3) is 0.520. The van der Waals surface area contributed by atoms with E-state index in [4.69, 9.17) is 10.5 Å². The molecule has 0 spiro atoms. The van der Waals surface area contributed by atoms with Crippen LogP contribution in [0.3, 0.4) is 0 Å². The van der Waals surface area contributed by atoms with E-state index < -0.39 is 70.3 Å². The van der Waals surface area contributed by atoms with Gasteiger partial charge < -0.3 is 25.8 Å². The lowest BCUT2D eigenvalue weighted by molar-refractivity contribution is -0.181. The average molecular weight is 513 g/mol. The number of carbonyl (C=O) groups is 6. The number of hydrogen-bond acceptors (Lipinski definition) is 10. The maximum absolute atomic E-state index is 14.0. The van der Waals surface area contributed by atoms with Gasteiger partial charge in [-0.3, -0.25) is 33.7 Å². The van der Waals surface area contributed by atoms with Crippen LogP contribution >= 0.6 is 0 Å². The number of nitrogens with one attached hydrogen (secondary N) is 1. The van der Waals surface area contributed by atoms with E-state index >= 15 is 0 Å². The van der Waals surface area contributed by atoms with E-state index in [0.717, 1.165) is 0 Å². The number of nitrogens with zero attached hydrogens (tertiary/aromatic N) is 2. The molecule has 5 rings (SSSR count). The number of anilines is 2. The lowest BCUT2D eigenvalue weighted by Gasteiger charge is -2.52. The summed E-state index contributed by atoms with van der Waals surface area (Å²) in [7, 11) is 6.66. The molecular weight excluding hydrogens is 484 g/mol. The molecule has 196 valence electrons. The molecule has 1 aromatic carbocycles. The number of amides is 2. The van der Waals surface area contributed by atoms with Crippen LogP contribution in [0.2, 0.25) is 0 Å². The van der Waals surface area contributed by atoms with Crippen molar-refractivity contribution in [1.82, 2.24) is 4.90 Å². The molecule has 4 aliphatic rings. The predicted octanol–water partition coefficient (Wildman–Crippen LogP) is -1.44. The number of likely N-dealkylation sites (N-methyl/N-ethyl adjacent to an activating group) is 1. The van der Waals surface area contributed by atoms with Crippen molar-refractivity contribution < 1.29 is 38.6 Å². The van der Waals surface area contributed by atoms with Crippen LogP contribution in [0.5, 0.6) is 5.75 Å². The van der Waals surface area contributed by atoms with Gasteiger partial charge in [0, 0.05) is 25.7 Å². The van der Waals surface area contributed by atoms with Crippen LogP contribution < -0.4 is 20.7 Å². The third-order valence-electron chi connectivity index (χ3n) is 8.12. The molecule has 2 amide bonds. The number of Topliss-reactive ketones (excluding diaryl/α,β-unsaturated/α-hetero) is 4. The molecule has 3 unspecified atom stereocenters. The Morgan fingerprint density at radius 3 is 2.41 bits per heavy atom. The van der Waals surface area contributed by atoms with Crippen LogP contribution in [-0.2, 0) is 30.4 Å². The Hall–Kier alpha value is -3.64. The first-order valence-electron chi connectivity index (χ1n) is 11.9. The Morgan fingerprint density at radius 2 is 1.81 bits per heavy atom. The molecule has 2 fully saturated rings. The molecule has 1 heterocycles. The van der Waals surface area contributed by atoms with Crippen LogP contribution in [-0.4, -0.2) is 91.4 Å². The zero-order valence-corrected chi connectivity index (χ0v) is 20.9. The smallest absolute Gasteiger partial charge is 0.262 e. The van der Waals surface area contributed by atoms with E-state index in [1.54, 1.807) is 39.2 Å². The highest BCUT2D eigenvalue weighted by Crippen LogP contribution is 2.53. The summed E-state index contributed by atoms with van der Waals surface area (Å²) in [4.78, 5) is 81.7. The highest BCUT2D eigenvalue weighted by atomic mass is 16.5. The standard InChI is InChI=1S/C25H28N4O8/c1-28(2)13-7-12-21(37-8-14(30)27-12)16-10(13)5-9-6-11-18(29(3)4)20(32)17(24(26)35)23(34)25(11,36)22(33)15(9)19(16)31/h7,9,11,15,17-18,36H,5-6,8H2,1-4H3,(H2,26,35)(H,27,30)/t9?,11-,15?,17?,18-,25-/m0/s1. The van der Waals surface area contributed by atoms with Crippen LogP contribution in [0.15, 0.2) is 6.07 Å². The van der Waals surface area contributed by atoms with Crippen molar-refractivity contribution in [3.8, 4) is 5.75 Å². The van der Waals surface area contributed by atoms with Gasteiger partial charge in [0.2, 0.25) is 5.91 Å². The first kappa shape index (κ1) is 25.0. The summed E-state index contributed by atoms with van der Waals surface area (Å²) in [5.41, 5.74) is 4.28. The zero-order chi connectivity index (χ0) is 27.1. The molecule has 12 nitrogen and oxygen atoms in total. The van der Waals surface area contributed by atoms with Crippen molar-refractivity contribution in [2.45, 2.75) is 24.5 Å². The number of ketones is 4. The molecule has 1 aliphatic heterocycles. The number of fused-ring (bicyclic) bond motifs is 5. The highest BCUT2D eigenvalue weighted by Gasteiger charge is 2.69. The van der Waals surface area contributed by atoms with Crippen molar-refractivity contribution >= 4 is 46.3 Å². The number of ether oxygens (including phenoxy) is 1. The van der Waals surface area contributed by atoms with E-state index in [0.29, 0.717) is 11.3 Å². The number of aliphatic hydroxyl groups is 1. The van der Waals surface area contributed by atoms with E-state index in [9.17, 15) is 33.9 Å². The maximum atomic E-state index is 14.0. The van der Waals surface area contributed by atoms with Gasteiger partial charge in [0.15, 0.2) is 47.0 Å². The first-order chi connectivity index (χ1) is 17.3. The number of hydrogen-bond donors (Lipinski definition) is 3. The van der Waals surface area contributed by atoms with Crippen molar-refractivity contribution in [2.24, 2.45) is 29.4 Å². The lowest BCUT2D eigenvalue weighted by Crippen LogP contribution is -2.74. The largest absolute Gasteiger partial charge is 0.481 e.